The van der Waals surface area contributed by atoms with Crippen LogP contribution in [0.15, 0.2) is 22.8 Å². The molecule has 0 radical (unpaired) electrons. The SMILES string of the molecule is O[C@H]1CCCC[C@@H]1c1ccc(Br)cn1. The van der Waals surface area contributed by atoms with Crippen molar-refractivity contribution in [2.24, 2.45) is 0 Å². The standard InChI is InChI=1S/C11H14BrNO/c12-8-5-6-10(13-7-8)9-3-1-2-4-11(9)14/h5-7,9,11,14H,1-4H2/t9-,11+/m1/s1. The van der Waals surface area contributed by atoms with Crippen molar-refractivity contribution in [3.63, 3.8) is 0 Å². The summed E-state index contributed by atoms with van der Waals surface area (Å²) in [6.45, 7) is 0. The first-order valence-electron chi connectivity index (χ1n) is 5.07. The lowest BCUT2D eigenvalue weighted by atomic mass is 9.84. The molecule has 0 bridgehead atoms. The van der Waals surface area contributed by atoms with Crippen LogP contribution in [0.25, 0.3) is 0 Å². The Bertz CT molecular complexity index is 299. The van der Waals surface area contributed by atoms with Crippen LogP contribution in [-0.4, -0.2) is 16.2 Å². The highest BCUT2D eigenvalue weighted by Gasteiger charge is 2.25. The molecule has 2 rings (SSSR count). The largest absolute Gasteiger partial charge is 0.392 e. The highest BCUT2D eigenvalue weighted by molar-refractivity contribution is 9.10. The summed E-state index contributed by atoms with van der Waals surface area (Å²) < 4.78 is 0.992. The monoisotopic (exact) mass is 255 g/mol. The number of nitrogens with zero attached hydrogens (tertiary/aromatic N) is 1. The van der Waals surface area contributed by atoms with E-state index in [4.69, 9.17) is 0 Å². The van der Waals surface area contributed by atoms with Crippen LogP contribution in [0.2, 0.25) is 0 Å². The van der Waals surface area contributed by atoms with Gasteiger partial charge in [0.1, 0.15) is 0 Å². The smallest absolute Gasteiger partial charge is 0.0623 e. The van der Waals surface area contributed by atoms with Crippen molar-refractivity contribution in [2.45, 2.75) is 37.7 Å². The van der Waals surface area contributed by atoms with Crippen LogP contribution in [0.4, 0.5) is 0 Å². The van der Waals surface area contributed by atoms with E-state index in [1.54, 1.807) is 6.20 Å². The Morgan fingerprint density at radius 1 is 1.29 bits per heavy atom. The molecule has 76 valence electrons. The molecule has 1 aliphatic carbocycles. The summed E-state index contributed by atoms with van der Waals surface area (Å²) in [6.07, 6.45) is 5.94. The van der Waals surface area contributed by atoms with Gasteiger partial charge >= 0.3 is 0 Å². The highest BCUT2D eigenvalue weighted by Crippen LogP contribution is 2.32. The molecule has 0 aliphatic heterocycles. The van der Waals surface area contributed by atoms with Crippen molar-refractivity contribution < 1.29 is 5.11 Å². The minimum absolute atomic E-state index is 0.197. The van der Waals surface area contributed by atoms with Gasteiger partial charge in [0.2, 0.25) is 0 Å². The minimum atomic E-state index is -0.197. The van der Waals surface area contributed by atoms with Crippen LogP contribution in [-0.2, 0) is 0 Å². The predicted molar refractivity (Wildman–Crippen MR) is 59.2 cm³/mol. The molecule has 0 aromatic carbocycles. The molecule has 0 saturated heterocycles. The van der Waals surface area contributed by atoms with E-state index in [9.17, 15) is 5.11 Å². The van der Waals surface area contributed by atoms with Gasteiger partial charge in [0.05, 0.1) is 6.10 Å². The fourth-order valence-corrected chi connectivity index (χ4v) is 2.30. The van der Waals surface area contributed by atoms with Gasteiger partial charge in [-0.05, 0) is 40.9 Å². The van der Waals surface area contributed by atoms with Crippen molar-refractivity contribution in [3.05, 3.63) is 28.5 Å². The second kappa shape index (κ2) is 4.41. The Hall–Kier alpha value is -0.410. The van der Waals surface area contributed by atoms with Gasteiger partial charge < -0.3 is 5.11 Å². The van der Waals surface area contributed by atoms with Gasteiger partial charge in [0.15, 0.2) is 0 Å². The highest BCUT2D eigenvalue weighted by atomic mass is 79.9. The maximum Gasteiger partial charge on any atom is 0.0623 e. The van der Waals surface area contributed by atoms with Gasteiger partial charge in [-0.25, -0.2) is 0 Å². The Labute approximate surface area is 92.5 Å². The maximum atomic E-state index is 9.84. The molecule has 1 heterocycles. The van der Waals surface area contributed by atoms with E-state index < -0.39 is 0 Å². The quantitative estimate of drug-likeness (QED) is 0.838. The third-order valence-corrected chi connectivity index (χ3v) is 3.33. The number of pyridine rings is 1. The summed E-state index contributed by atoms with van der Waals surface area (Å²) in [5.41, 5.74) is 1.03. The molecular weight excluding hydrogens is 242 g/mol. The summed E-state index contributed by atoms with van der Waals surface area (Å²) in [5, 5.41) is 9.84. The Balaban J connectivity index is 2.16. The number of aromatic nitrogens is 1. The van der Waals surface area contributed by atoms with Crippen molar-refractivity contribution >= 4 is 15.9 Å². The third kappa shape index (κ3) is 2.15. The zero-order valence-corrected chi connectivity index (χ0v) is 9.57. The Morgan fingerprint density at radius 2 is 2.07 bits per heavy atom. The number of hydrogen-bond acceptors (Lipinski definition) is 2. The van der Waals surface area contributed by atoms with Crippen LogP contribution < -0.4 is 0 Å². The average molecular weight is 256 g/mol. The molecule has 1 saturated carbocycles. The van der Waals surface area contributed by atoms with Crippen LogP contribution in [0.3, 0.4) is 0 Å². The lowest BCUT2D eigenvalue weighted by Gasteiger charge is -2.26. The normalized spacial score (nSPS) is 27.6. The molecular formula is C11H14BrNO. The van der Waals surface area contributed by atoms with Crippen molar-refractivity contribution in [2.75, 3.05) is 0 Å². The van der Waals surface area contributed by atoms with Crippen LogP contribution in [0.1, 0.15) is 37.3 Å². The average Bonchev–Trinajstić information content (AvgIpc) is 2.20. The third-order valence-electron chi connectivity index (χ3n) is 2.86. The maximum absolute atomic E-state index is 9.84. The topological polar surface area (TPSA) is 33.1 Å². The fraction of sp³-hybridized carbons (Fsp3) is 0.545. The summed E-state index contributed by atoms with van der Waals surface area (Å²) in [5.74, 6) is 0.247. The van der Waals surface area contributed by atoms with Gasteiger partial charge in [0, 0.05) is 22.3 Å². The lowest BCUT2D eigenvalue weighted by molar-refractivity contribution is 0.104. The first kappa shape index (κ1) is 10.1. The molecule has 1 fully saturated rings. The minimum Gasteiger partial charge on any atom is -0.392 e. The number of hydrogen-bond donors (Lipinski definition) is 1. The van der Waals surface area contributed by atoms with Crippen molar-refractivity contribution in [3.8, 4) is 0 Å². The predicted octanol–water partition coefficient (Wildman–Crippen LogP) is 2.86. The van der Waals surface area contributed by atoms with Gasteiger partial charge in [-0.3, -0.25) is 4.98 Å². The van der Waals surface area contributed by atoms with E-state index in [1.807, 2.05) is 12.1 Å². The molecule has 0 spiro atoms. The molecule has 14 heavy (non-hydrogen) atoms. The summed E-state index contributed by atoms with van der Waals surface area (Å²) in [4.78, 5) is 4.35. The summed E-state index contributed by atoms with van der Waals surface area (Å²) >= 11 is 3.36. The number of aliphatic hydroxyl groups is 1. The Morgan fingerprint density at radius 3 is 2.71 bits per heavy atom. The van der Waals surface area contributed by atoms with Crippen LogP contribution in [0, 0.1) is 0 Å². The van der Waals surface area contributed by atoms with E-state index in [1.165, 1.54) is 6.42 Å². The van der Waals surface area contributed by atoms with E-state index in [0.29, 0.717) is 0 Å². The summed E-state index contributed by atoms with van der Waals surface area (Å²) in [6, 6.07) is 3.99. The van der Waals surface area contributed by atoms with Crippen LogP contribution >= 0.6 is 15.9 Å². The molecule has 1 aromatic heterocycles. The van der Waals surface area contributed by atoms with E-state index >= 15 is 0 Å². The first-order valence-corrected chi connectivity index (χ1v) is 5.86. The zero-order valence-electron chi connectivity index (χ0n) is 7.99. The van der Waals surface area contributed by atoms with Crippen molar-refractivity contribution in [1.82, 2.24) is 4.98 Å². The van der Waals surface area contributed by atoms with Gasteiger partial charge in [0.25, 0.3) is 0 Å². The molecule has 0 unspecified atom stereocenters. The zero-order chi connectivity index (χ0) is 9.97. The molecule has 1 aromatic rings. The Kier molecular flexibility index (Phi) is 3.19. The van der Waals surface area contributed by atoms with E-state index in [2.05, 4.69) is 20.9 Å². The molecule has 1 aliphatic rings. The number of rotatable bonds is 1. The van der Waals surface area contributed by atoms with Crippen LogP contribution in [0.5, 0.6) is 0 Å². The second-order valence-corrected chi connectivity index (χ2v) is 4.78. The first-order chi connectivity index (χ1) is 6.77. The molecule has 2 atom stereocenters. The number of halogens is 1. The van der Waals surface area contributed by atoms with Gasteiger partial charge in [-0.15, -0.1) is 0 Å². The van der Waals surface area contributed by atoms with E-state index in [-0.39, 0.29) is 12.0 Å². The van der Waals surface area contributed by atoms with Gasteiger partial charge in [-0.1, -0.05) is 12.8 Å². The second-order valence-electron chi connectivity index (χ2n) is 3.86. The lowest BCUT2D eigenvalue weighted by Crippen LogP contribution is -2.23. The fourth-order valence-electron chi connectivity index (χ4n) is 2.06. The number of aliphatic hydroxyl groups excluding tert-OH is 1. The summed E-state index contributed by atoms with van der Waals surface area (Å²) in [7, 11) is 0. The molecule has 1 N–H and O–H groups in total. The van der Waals surface area contributed by atoms with E-state index in [0.717, 1.165) is 29.4 Å². The molecule has 0 amide bonds. The molecule has 3 heteroatoms. The molecule has 2 nitrogen and oxygen atoms in total. The van der Waals surface area contributed by atoms with Gasteiger partial charge in [-0.2, -0.15) is 0 Å². The van der Waals surface area contributed by atoms with Crippen molar-refractivity contribution in [1.29, 1.82) is 0 Å².